The van der Waals surface area contributed by atoms with Gasteiger partial charge in [0.05, 0.1) is 18.8 Å². The maximum absolute atomic E-state index is 11.8. The minimum absolute atomic E-state index is 0.00933. The van der Waals surface area contributed by atoms with Crippen molar-refractivity contribution in [1.29, 1.82) is 0 Å². The summed E-state index contributed by atoms with van der Waals surface area (Å²) in [6.45, 7) is 0.451. The number of hydrogen-bond acceptors (Lipinski definition) is 4. The van der Waals surface area contributed by atoms with Crippen LogP contribution in [0.4, 0.5) is 5.69 Å². The molecular formula is C12H16N2O3. The third-order valence-corrected chi connectivity index (χ3v) is 2.83. The Hall–Kier alpha value is -1.43. The van der Waals surface area contributed by atoms with Gasteiger partial charge in [0.1, 0.15) is 0 Å². The second-order valence-electron chi connectivity index (χ2n) is 4.19. The molecule has 1 amide bonds. The van der Waals surface area contributed by atoms with E-state index in [-0.39, 0.29) is 18.6 Å². The second kappa shape index (κ2) is 5.27. The summed E-state index contributed by atoms with van der Waals surface area (Å²) in [7, 11) is 0. The van der Waals surface area contributed by atoms with Crippen molar-refractivity contribution in [3.8, 4) is 0 Å². The summed E-state index contributed by atoms with van der Waals surface area (Å²) < 4.78 is 0. The van der Waals surface area contributed by atoms with Gasteiger partial charge in [0.25, 0.3) is 0 Å². The van der Waals surface area contributed by atoms with Crippen LogP contribution >= 0.6 is 0 Å². The van der Waals surface area contributed by atoms with Crippen molar-refractivity contribution in [2.45, 2.75) is 25.2 Å². The molecular weight excluding hydrogens is 220 g/mol. The Kier molecular flexibility index (Phi) is 3.73. The van der Waals surface area contributed by atoms with Crippen LogP contribution < -0.4 is 10.6 Å². The van der Waals surface area contributed by atoms with Crippen molar-refractivity contribution in [2.24, 2.45) is 0 Å². The molecule has 4 N–H and O–H groups in total. The van der Waals surface area contributed by atoms with Crippen molar-refractivity contribution < 1.29 is 15.0 Å². The van der Waals surface area contributed by atoms with Gasteiger partial charge >= 0.3 is 0 Å². The van der Waals surface area contributed by atoms with Crippen molar-refractivity contribution in [3.05, 3.63) is 29.8 Å². The van der Waals surface area contributed by atoms with E-state index in [0.717, 1.165) is 5.56 Å². The van der Waals surface area contributed by atoms with Crippen LogP contribution in [-0.2, 0) is 11.4 Å². The molecule has 5 heteroatoms. The largest absolute Gasteiger partial charge is 0.392 e. The predicted molar refractivity (Wildman–Crippen MR) is 63.4 cm³/mol. The van der Waals surface area contributed by atoms with Gasteiger partial charge in [0, 0.05) is 12.2 Å². The van der Waals surface area contributed by atoms with Crippen LogP contribution in [0.1, 0.15) is 12.0 Å². The first kappa shape index (κ1) is 12.0. The van der Waals surface area contributed by atoms with Crippen LogP contribution in [-0.4, -0.2) is 34.8 Å². The van der Waals surface area contributed by atoms with Crippen LogP contribution in [0.5, 0.6) is 0 Å². The molecule has 0 spiro atoms. The van der Waals surface area contributed by atoms with Gasteiger partial charge in [-0.05, 0) is 24.1 Å². The molecule has 0 saturated carbocycles. The van der Waals surface area contributed by atoms with E-state index in [1.54, 1.807) is 24.3 Å². The molecule has 92 valence electrons. The quantitative estimate of drug-likeness (QED) is 0.588. The molecule has 5 nitrogen and oxygen atoms in total. The van der Waals surface area contributed by atoms with E-state index >= 15 is 0 Å². The number of hydrogen-bond donors (Lipinski definition) is 4. The first-order valence-corrected chi connectivity index (χ1v) is 5.61. The predicted octanol–water partition coefficient (Wildman–Crippen LogP) is -0.160. The first-order valence-electron chi connectivity index (χ1n) is 5.61. The fraction of sp³-hybridized carbons (Fsp3) is 0.417. The van der Waals surface area contributed by atoms with E-state index in [4.69, 9.17) is 5.11 Å². The van der Waals surface area contributed by atoms with E-state index in [1.165, 1.54) is 0 Å². The summed E-state index contributed by atoms with van der Waals surface area (Å²) >= 11 is 0. The lowest BCUT2D eigenvalue weighted by atomic mass is 10.1. The molecule has 1 saturated heterocycles. The highest BCUT2D eigenvalue weighted by molar-refractivity contribution is 5.95. The van der Waals surface area contributed by atoms with Gasteiger partial charge in [0.2, 0.25) is 5.91 Å². The lowest BCUT2D eigenvalue weighted by molar-refractivity contribution is -0.117. The monoisotopic (exact) mass is 236 g/mol. The number of rotatable bonds is 3. The summed E-state index contributed by atoms with van der Waals surface area (Å²) in [4.78, 5) is 11.8. The molecule has 0 aliphatic carbocycles. The normalized spacial score (nSPS) is 23.6. The summed E-state index contributed by atoms with van der Waals surface area (Å²) in [6, 6.07) is 6.67. The minimum atomic E-state index is -0.442. The maximum atomic E-state index is 11.8. The van der Waals surface area contributed by atoms with Crippen LogP contribution in [0.25, 0.3) is 0 Å². The third-order valence-electron chi connectivity index (χ3n) is 2.83. The Bertz CT molecular complexity index is 391. The number of β-amino-alcohol motifs (C(OH)–C–C–N with tert-alkyl or cyclic N) is 1. The number of carbonyl (C=O) groups excluding carboxylic acids is 1. The Labute approximate surface area is 99.5 Å². The SMILES string of the molecule is O=C(Nc1ccc(CO)cc1)C1CC(O)CN1. The average Bonchev–Trinajstić information content (AvgIpc) is 2.77. The molecule has 1 heterocycles. The Morgan fingerprint density at radius 1 is 1.41 bits per heavy atom. The third kappa shape index (κ3) is 3.03. The van der Waals surface area contributed by atoms with Crippen LogP contribution in [0.3, 0.4) is 0 Å². The molecule has 2 unspecified atom stereocenters. The number of anilines is 1. The smallest absolute Gasteiger partial charge is 0.241 e. The lowest BCUT2D eigenvalue weighted by Gasteiger charge is -2.11. The first-order chi connectivity index (χ1) is 8.19. The van der Waals surface area contributed by atoms with E-state index in [9.17, 15) is 9.90 Å². The van der Waals surface area contributed by atoms with Crippen LogP contribution in [0.2, 0.25) is 0 Å². The molecule has 1 aromatic rings. The zero-order chi connectivity index (χ0) is 12.3. The van der Waals surface area contributed by atoms with Gasteiger partial charge in [-0.2, -0.15) is 0 Å². The highest BCUT2D eigenvalue weighted by Gasteiger charge is 2.27. The van der Waals surface area contributed by atoms with Crippen molar-refractivity contribution >= 4 is 11.6 Å². The molecule has 1 fully saturated rings. The molecule has 1 aliphatic heterocycles. The van der Waals surface area contributed by atoms with E-state index < -0.39 is 6.10 Å². The Morgan fingerprint density at radius 2 is 2.12 bits per heavy atom. The fourth-order valence-electron chi connectivity index (χ4n) is 1.84. The zero-order valence-corrected chi connectivity index (χ0v) is 9.39. The van der Waals surface area contributed by atoms with Gasteiger partial charge < -0.3 is 20.8 Å². The van der Waals surface area contributed by atoms with Gasteiger partial charge in [-0.1, -0.05) is 12.1 Å². The van der Waals surface area contributed by atoms with Crippen LogP contribution in [0, 0.1) is 0 Å². The molecule has 2 rings (SSSR count). The van der Waals surface area contributed by atoms with Gasteiger partial charge in [0.15, 0.2) is 0 Å². The highest BCUT2D eigenvalue weighted by atomic mass is 16.3. The van der Waals surface area contributed by atoms with E-state index in [1.807, 2.05) is 0 Å². The minimum Gasteiger partial charge on any atom is -0.392 e. The molecule has 1 aliphatic rings. The standard InChI is InChI=1S/C12H16N2O3/c15-7-8-1-3-9(4-2-8)14-12(17)11-5-10(16)6-13-11/h1-4,10-11,13,15-16H,5-7H2,(H,14,17). The summed E-state index contributed by atoms with van der Waals surface area (Å²) in [6.07, 6.45) is 0.00288. The number of amides is 1. The lowest BCUT2D eigenvalue weighted by Crippen LogP contribution is -2.35. The van der Waals surface area contributed by atoms with Crippen molar-refractivity contribution in [3.63, 3.8) is 0 Å². The Balaban J connectivity index is 1.93. The van der Waals surface area contributed by atoms with E-state index in [2.05, 4.69) is 10.6 Å². The summed E-state index contributed by atoms with van der Waals surface area (Å²) in [5.41, 5.74) is 1.49. The number of aliphatic hydroxyl groups excluding tert-OH is 2. The van der Waals surface area contributed by atoms with E-state index in [0.29, 0.717) is 18.7 Å². The van der Waals surface area contributed by atoms with Gasteiger partial charge in [-0.3, -0.25) is 4.79 Å². The van der Waals surface area contributed by atoms with Gasteiger partial charge in [-0.15, -0.1) is 0 Å². The van der Waals surface area contributed by atoms with Crippen molar-refractivity contribution in [2.75, 3.05) is 11.9 Å². The molecule has 0 aromatic heterocycles. The summed E-state index contributed by atoms with van der Waals surface area (Å²) in [5, 5.41) is 23.9. The Morgan fingerprint density at radius 3 is 2.65 bits per heavy atom. The number of benzene rings is 1. The topological polar surface area (TPSA) is 81.6 Å². The number of nitrogens with one attached hydrogen (secondary N) is 2. The highest BCUT2D eigenvalue weighted by Crippen LogP contribution is 2.12. The van der Waals surface area contributed by atoms with Crippen molar-refractivity contribution in [1.82, 2.24) is 5.32 Å². The molecule has 1 aromatic carbocycles. The number of carbonyl (C=O) groups is 1. The van der Waals surface area contributed by atoms with Crippen LogP contribution in [0.15, 0.2) is 24.3 Å². The average molecular weight is 236 g/mol. The second-order valence-corrected chi connectivity index (χ2v) is 4.19. The number of aliphatic hydroxyl groups is 2. The maximum Gasteiger partial charge on any atom is 0.241 e. The fourth-order valence-corrected chi connectivity index (χ4v) is 1.84. The molecule has 0 radical (unpaired) electrons. The molecule has 2 atom stereocenters. The van der Waals surface area contributed by atoms with Gasteiger partial charge in [-0.25, -0.2) is 0 Å². The summed E-state index contributed by atoms with van der Waals surface area (Å²) in [5.74, 6) is -0.140. The molecule has 0 bridgehead atoms. The molecule has 17 heavy (non-hydrogen) atoms. The zero-order valence-electron chi connectivity index (χ0n) is 9.39.